The summed E-state index contributed by atoms with van der Waals surface area (Å²) in [4.78, 5) is 7.75. The van der Waals surface area contributed by atoms with Crippen molar-refractivity contribution in [3.8, 4) is 0 Å². The van der Waals surface area contributed by atoms with Crippen molar-refractivity contribution in [3.63, 3.8) is 0 Å². The Balaban J connectivity index is -0.0000000888. The van der Waals surface area contributed by atoms with Gasteiger partial charge >= 0.3 is 39.3 Å². The number of hydrogen-bond donors (Lipinski definition) is 0. The van der Waals surface area contributed by atoms with Crippen molar-refractivity contribution in [2.75, 3.05) is 37.0 Å². The fraction of sp³-hybridized carbons (Fsp3) is 0.923. The first-order valence-electron chi connectivity index (χ1n) is 6.61. The van der Waals surface area contributed by atoms with Crippen molar-refractivity contribution < 1.29 is 15.7 Å². The average molecular weight is 484 g/mol. The molecule has 0 spiro atoms. The quantitative estimate of drug-likeness (QED) is 0.183. The number of halogens is 2. The third kappa shape index (κ3) is 33.1. The van der Waals surface area contributed by atoms with E-state index in [9.17, 15) is 0 Å². The van der Waals surface area contributed by atoms with Crippen molar-refractivity contribution in [1.82, 2.24) is 0 Å². The first-order valence-corrected chi connectivity index (χ1v) is 15.3. The molecule has 0 aromatic heterocycles. The molecule has 123 valence electrons. The maximum atomic E-state index is 7.75. The van der Waals surface area contributed by atoms with Gasteiger partial charge in [-0.25, -0.2) is 0 Å². The van der Waals surface area contributed by atoms with E-state index in [2.05, 4.69) is 76.8 Å². The van der Waals surface area contributed by atoms with E-state index in [0.29, 0.717) is 15.8 Å². The first-order chi connectivity index (χ1) is 9.11. The van der Waals surface area contributed by atoms with E-state index in [1.807, 2.05) is 0 Å². The fourth-order valence-corrected chi connectivity index (χ4v) is 4.02. The van der Waals surface area contributed by atoms with Crippen LogP contribution in [-0.4, -0.2) is 43.8 Å². The molecule has 0 rings (SSSR count). The summed E-state index contributed by atoms with van der Waals surface area (Å²) in [7, 11) is 2.14. The first kappa shape index (κ1) is 29.1. The molecule has 0 saturated carbocycles. The summed E-state index contributed by atoms with van der Waals surface area (Å²) in [6, 6.07) is 0. The Labute approximate surface area is 144 Å². The van der Waals surface area contributed by atoms with E-state index in [4.69, 9.17) is 4.79 Å². The third-order valence-electron chi connectivity index (χ3n) is 2.68. The molecule has 0 N–H and O–H groups in total. The normalized spacial score (nSPS) is 8.95. The standard InChI is InChI=1S/2C6H15P.CHO.2BrH.Ni/c2*1-4-7(5-2)6-3;1-2;;;/h2*4-6H2,1-3H3;1H;2*1H;/q;;-1;;;+3/p-2. The molecular formula is C13H31Br2NiOP2. The minimum atomic E-state index is 0.446. The molecule has 0 radical (unpaired) electrons. The summed E-state index contributed by atoms with van der Waals surface area (Å²) in [6.45, 7) is 17.0. The van der Waals surface area contributed by atoms with Gasteiger partial charge in [0.15, 0.2) is 0 Å². The number of rotatable bonds is 6. The summed E-state index contributed by atoms with van der Waals surface area (Å²) in [6.07, 6.45) is 8.51. The van der Waals surface area contributed by atoms with Gasteiger partial charge in [0, 0.05) is 0 Å². The van der Waals surface area contributed by atoms with Crippen LogP contribution in [0.15, 0.2) is 0 Å². The molecule has 1 nitrogen and oxygen atoms in total. The molecule has 0 bridgehead atoms. The Morgan fingerprint density at radius 2 is 0.789 bits per heavy atom. The van der Waals surface area contributed by atoms with Gasteiger partial charge in [-0.05, 0) is 37.0 Å². The zero-order valence-electron chi connectivity index (χ0n) is 13.2. The Bertz CT molecular complexity index is 104. The van der Waals surface area contributed by atoms with E-state index < -0.39 is 0 Å². The van der Waals surface area contributed by atoms with Gasteiger partial charge in [0.25, 0.3) is 0 Å². The van der Waals surface area contributed by atoms with Crippen molar-refractivity contribution in [2.24, 2.45) is 0 Å². The molecular weight excluding hydrogens is 453 g/mol. The van der Waals surface area contributed by atoms with Crippen LogP contribution >= 0.6 is 44.3 Å². The second-order valence-corrected chi connectivity index (χ2v) is 14.7. The monoisotopic (exact) mass is 481 g/mol. The molecule has 19 heavy (non-hydrogen) atoms. The van der Waals surface area contributed by atoms with Crippen LogP contribution in [0.2, 0.25) is 0 Å². The average Bonchev–Trinajstić information content (AvgIpc) is 2.46. The largest absolute Gasteiger partial charge is 0.545 e. The van der Waals surface area contributed by atoms with E-state index in [1.54, 1.807) is 0 Å². The minimum Gasteiger partial charge on any atom is -0.545 e. The van der Waals surface area contributed by atoms with Crippen molar-refractivity contribution >= 4 is 51.1 Å². The maximum absolute atomic E-state index is 7.75. The molecule has 0 heterocycles. The van der Waals surface area contributed by atoms with Crippen LogP contribution in [0.25, 0.3) is 0 Å². The minimum absolute atomic E-state index is 0.446. The van der Waals surface area contributed by atoms with Gasteiger partial charge in [-0.1, -0.05) is 41.5 Å². The van der Waals surface area contributed by atoms with Crippen molar-refractivity contribution in [3.05, 3.63) is 0 Å². The van der Waals surface area contributed by atoms with Gasteiger partial charge in [-0.2, -0.15) is 0 Å². The van der Waals surface area contributed by atoms with Gasteiger partial charge in [-0.15, -0.1) is 15.8 Å². The zero-order chi connectivity index (χ0) is 16.1. The van der Waals surface area contributed by atoms with Crippen molar-refractivity contribution in [2.45, 2.75) is 41.5 Å². The van der Waals surface area contributed by atoms with Gasteiger partial charge in [0.2, 0.25) is 0 Å². The van der Waals surface area contributed by atoms with E-state index in [-0.39, 0.29) is 0 Å². The topological polar surface area (TPSA) is 17.1 Å². The molecule has 0 aromatic rings. The molecule has 0 saturated heterocycles. The zero-order valence-corrected chi connectivity index (χ0v) is 19.1. The maximum Gasteiger partial charge on any atom is -0.282 e. The Kier molecular flexibility index (Phi) is 49.0. The van der Waals surface area contributed by atoms with Gasteiger partial charge in [0.1, 0.15) is 0 Å². The van der Waals surface area contributed by atoms with Crippen LogP contribution in [0, 0.1) is 0 Å². The summed E-state index contributed by atoms with van der Waals surface area (Å²) < 4.78 is 0. The second-order valence-electron chi connectivity index (χ2n) is 3.28. The Hall–Kier alpha value is 1.98. The molecule has 0 aromatic carbocycles. The van der Waals surface area contributed by atoms with Crippen LogP contribution in [0.1, 0.15) is 41.5 Å². The third-order valence-corrected chi connectivity index (χ3v) is 8.05. The molecule has 0 aliphatic heterocycles. The molecule has 0 aliphatic rings. The molecule has 6 heteroatoms. The smallest absolute Gasteiger partial charge is 0.282 e. The predicted molar refractivity (Wildman–Crippen MR) is 102 cm³/mol. The summed E-state index contributed by atoms with van der Waals surface area (Å²) in [5.74, 6) is 0. The SMILES string of the molecule is CCP(CC)CC.CCP(CC)CC.[Br][Ni+][Br].[CH-]=O. The van der Waals surface area contributed by atoms with Gasteiger partial charge in [0.05, 0.1) is 0 Å². The fourth-order valence-electron chi connectivity index (χ4n) is 1.34. The molecule has 0 amide bonds. The molecule has 0 atom stereocenters. The van der Waals surface area contributed by atoms with Gasteiger partial charge in [-0.3, -0.25) is 6.79 Å². The van der Waals surface area contributed by atoms with Crippen molar-refractivity contribution in [1.29, 1.82) is 0 Å². The molecule has 0 fully saturated rings. The summed E-state index contributed by atoms with van der Waals surface area (Å²) >= 11 is 6.00. The van der Waals surface area contributed by atoms with E-state index in [0.717, 1.165) is 0 Å². The Morgan fingerprint density at radius 3 is 0.789 bits per heavy atom. The van der Waals surface area contributed by atoms with Crippen LogP contribution < -0.4 is 0 Å². The van der Waals surface area contributed by atoms with Crippen LogP contribution in [0.4, 0.5) is 0 Å². The summed E-state index contributed by atoms with van der Waals surface area (Å²) in [5.41, 5.74) is 0. The van der Waals surface area contributed by atoms with Gasteiger partial charge < -0.3 is 4.79 Å². The van der Waals surface area contributed by atoms with Crippen LogP contribution in [-0.2, 0) is 15.7 Å². The predicted octanol–water partition coefficient (Wildman–Crippen LogP) is 6.47. The Morgan fingerprint density at radius 1 is 0.684 bits per heavy atom. The van der Waals surface area contributed by atoms with Crippen LogP contribution in [0.3, 0.4) is 0 Å². The summed E-state index contributed by atoms with van der Waals surface area (Å²) in [5, 5.41) is 0. The van der Waals surface area contributed by atoms with Crippen LogP contribution in [0.5, 0.6) is 0 Å². The molecule has 0 aliphatic carbocycles. The van der Waals surface area contributed by atoms with E-state index >= 15 is 0 Å². The second kappa shape index (κ2) is 32.1. The number of carbonyl (C=O) groups excluding carboxylic acids is 1. The van der Waals surface area contributed by atoms with E-state index in [1.165, 1.54) is 47.9 Å². The molecule has 0 unspecified atom stereocenters. The number of hydrogen-bond acceptors (Lipinski definition) is 1.